The fourth-order valence-corrected chi connectivity index (χ4v) is 4.80. The molecule has 1 N–H and O–H groups in total. The van der Waals surface area contributed by atoms with E-state index in [0.717, 1.165) is 31.6 Å². The molecular weight excluding hydrogens is 356 g/mol. The number of aryl methyl sites for hydroxylation is 1. The molecule has 1 atom stereocenters. The van der Waals surface area contributed by atoms with Crippen LogP contribution in [0.5, 0.6) is 0 Å². The molecule has 3 heterocycles. The molecule has 146 valence electrons. The molecule has 3 rings (SSSR count). The second-order valence-electron chi connectivity index (χ2n) is 7.79. The van der Waals surface area contributed by atoms with Crippen LogP contribution in [0.25, 0.3) is 0 Å². The Balaban J connectivity index is 1.51. The van der Waals surface area contributed by atoms with E-state index in [9.17, 15) is 18.3 Å². The fourth-order valence-electron chi connectivity index (χ4n) is 3.90. The number of aromatic nitrogens is 2. The van der Waals surface area contributed by atoms with Gasteiger partial charge in [0.05, 0.1) is 17.6 Å². The van der Waals surface area contributed by atoms with E-state index in [0.29, 0.717) is 32.0 Å². The number of piperidine rings is 1. The van der Waals surface area contributed by atoms with Gasteiger partial charge >= 0.3 is 0 Å². The van der Waals surface area contributed by atoms with Crippen molar-refractivity contribution < 1.29 is 13.5 Å². The van der Waals surface area contributed by atoms with Gasteiger partial charge in [-0.1, -0.05) is 0 Å². The van der Waals surface area contributed by atoms with E-state index < -0.39 is 15.6 Å². The molecule has 2 aliphatic heterocycles. The summed E-state index contributed by atoms with van der Waals surface area (Å²) in [6.07, 6.45) is 3.54. The fraction of sp³-hybridized carbons (Fsp3) is 0.765. The lowest BCUT2D eigenvalue weighted by atomic mass is 9.94. The van der Waals surface area contributed by atoms with Gasteiger partial charge in [-0.25, -0.2) is 13.1 Å². The minimum atomic E-state index is -3.25. The third-order valence-corrected chi connectivity index (χ3v) is 6.67. The van der Waals surface area contributed by atoms with Crippen LogP contribution in [0.3, 0.4) is 0 Å². The molecule has 0 aliphatic carbocycles. The predicted octanol–water partition coefficient (Wildman–Crippen LogP) is -0.340. The third kappa shape index (κ3) is 4.70. The minimum Gasteiger partial charge on any atom is -0.387 e. The first kappa shape index (κ1) is 19.5. The summed E-state index contributed by atoms with van der Waals surface area (Å²) in [5, 5.41) is 15.0. The predicted molar refractivity (Wildman–Crippen MR) is 98.4 cm³/mol. The van der Waals surface area contributed by atoms with Gasteiger partial charge in [-0.05, 0) is 51.3 Å². The van der Waals surface area contributed by atoms with E-state index >= 15 is 0 Å². The van der Waals surface area contributed by atoms with Gasteiger partial charge in [0.25, 0.3) is 5.56 Å². The van der Waals surface area contributed by atoms with Gasteiger partial charge in [-0.15, -0.1) is 0 Å². The van der Waals surface area contributed by atoms with Gasteiger partial charge in [0.1, 0.15) is 0 Å². The molecule has 1 aromatic rings. The van der Waals surface area contributed by atoms with Crippen molar-refractivity contribution >= 4 is 10.0 Å². The molecule has 0 radical (unpaired) electrons. The first-order valence-electron chi connectivity index (χ1n) is 9.09. The molecule has 2 saturated heterocycles. The molecule has 0 aromatic carbocycles. The van der Waals surface area contributed by atoms with Crippen molar-refractivity contribution in [2.24, 2.45) is 5.92 Å². The summed E-state index contributed by atoms with van der Waals surface area (Å²) in [6.45, 7) is 5.23. The number of hydrogen-bond donors (Lipinski definition) is 1. The van der Waals surface area contributed by atoms with E-state index in [-0.39, 0.29) is 12.1 Å². The highest BCUT2D eigenvalue weighted by atomic mass is 32.2. The molecule has 2 fully saturated rings. The van der Waals surface area contributed by atoms with Crippen LogP contribution in [0.15, 0.2) is 16.9 Å². The second kappa shape index (κ2) is 7.38. The summed E-state index contributed by atoms with van der Waals surface area (Å²) < 4.78 is 26.2. The third-order valence-electron chi connectivity index (χ3n) is 5.42. The normalized spacial score (nSPS) is 26.4. The highest BCUT2D eigenvalue weighted by Gasteiger charge is 2.41. The molecule has 0 spiro atoms. The summed E-state index contributed by atoms with van der Waals surface area (Å²) in [4.78, 5) is 14.1. The van der Waals surface area contributed by atoms with Crippen LogP contribution in [0.2, 0.25) is 0 Å². The first-order valence-corrected chi connectivity index (χ1v) is 10.9. The maximum atomic E-state index is 11.9. The van der Waals surface area contributed by atoms with E-state index in [1.165, 1.54) is 10.6 Å². The molecule has 0 bridgehead atoms. The maximum absolute atomic E-state index is 11.9. The topological polar surface area (TPSA) is 95.7 Å². The average Bonchev–Trinajstić information content (AvgIpc) is 2.95. The Morgan fingerprint density at radius 3 is 2.58 bits per heavy atom. The van der Waals surface area contributed by atoms with E-state index in [4.69, 9.17) is 0 Å². The van der Waals surface area contributed by atoms with Gasteiger partial charge in [-0.2, -0.15) is 9.40 Å². The Morgan fingerprint density at radius 2 is 1.96 bits per heavy atom. The van der Waals surface area contributed by atoms with E-state index in [2.05, 4.69) is 10.00 Å². The SMILES string of the molecule is Cc1ccc(=O)n(CC2CCN(CC3(O)CCN(S(C)(=O)=O)C3)CC2)n1. The molecule has 2 aliphatic rings. The zero-order chi connectivity index (χ0) is 18.9. The van der Waals surface area contributed by atoms with Crippen molar-refractivity contribution in [3.05, 3.63) is 28.2 Å². The van der Waals surface area contributed by atoms with Crippen LogP contribution in [-0.2, 0) is 16.6 Å². The number of sulfonamides is 1. The molecule has 0 amide bonds. The van der Waals surface area contributed by atoms with Crippen molar-refractivity contribution in [1.29, 1.82) is 0 Å². The average molecular weight is 385 g/mol. The number of β-amino-alcohol motifs (C(OH)–C–C–N with tert-alkyl or cyclic N) is 1. The molecular formula is C17H28N4O4S. The highest BCUT2D eigenvalue weighted by Crippen LogP contribution is 2.27. The van der Waals surface area contributed by atoms with Crippen molar-refractivity contribution in [2.45, 2.75) is 38.3 Å². The molecule has 26 heavy (non-hydrogen) atoms. The zero-order valence-corrected chi connectivity index (χ0v) is 16.3. The number of rotatable bonds is 5. The van der Waals surface area contributed by atoms with Crippen molar-refractivity contribution in [2.75, 3.05) is 39.0 Å². The minimum absolute atomic E-state index is 0.0702. The van der Waals surface area contributed by atoms with Gasteiger partial charge in [0.2, 0.25) is 10.0 Å². The Morgan fingerprint density at radius 1 is 1.27 bits per heavy atom. The first-order chi connectivity index (χ1) is 12.1. The largest absolute Gasteiger partial charge is 0.387 e. The quantitative estimate of drug-likeness (QED) is 0.746. The molecule has 1 unspecified atom stereocenters. The van der Waals surface area contributed by atoms with Gasteiger partial charge in [0, 0.05) is 32.2 Å². The Labute approximate surface area is 154 Å². The van der Waals surface area contributed by atoms with Crippen LogP contribution in [0.1, 0.15) is 25.0 Å². The van der Waals surface area contributed by atoms with E-state index in [1.807, 2.05) is 6.92 Å². The molecule has 8 nitrogen and oxygen atoms in total. The van der Waals surface area contributed by atoms with Crippen LogP contribution in [-0.4, -0.2) is 77.1 Å². The van der Waals surface area contributed by atoms with Crippen LogP contribution in [0.4, 0.5) is 0 Å². The van der Waals surface area contributed by atoms with Crippen molar-refractivity contribution in [3.63, 3.8) is 0 Å². The summed E-state index contributed by atoms with van der Waals surface area (Å²) in [5.74, 6) is 0.393. The standard InChI is InChI=1S/C17H28N4O4S/c1-14-3-4-16(22)21(18-14)11-15-5-8-19(9-6-15)12-17(23)7-10-20(13-17)26(2,24)25/h3-4,15,23H,5-13H2,1-2H3. The number of nitrogens with zero attached hydrogens (tertiary/aromatic N) is 4. The van der Waals surface area contributed by atoms with Gasteiger partial charge in [0.15, 0.2) is 0 Å². The monoisotopic (exact) mass is 384 g/mol. The Kier molecular flexibility index (Phi) is 5.53. The van der Waals surface area contributed by atoms with Crippen molar-refractivity contribution in [1.82, 2.24) is 19.0 Å². The number of aliphatic hydroxyl groups is 1. The summed E-state index contributed by atoms with van der Waals surface area (Å²) >= 11 is 0. The highest BCUT2D eigenvalue weighted by molar-refractivity contribution is 7.88. The lowest BCUT2D eigenvalue weighted by molar-refractivity contribution is 0.00582. The number of hydrogen-bond acceptors (Lipinski definition) is 6. The van der Waals surface area contributed by atoms with Gasteiger partial charge < -0.3 is 10.0 Å². The smallest absolute Gasteiger partial charge is 0.266 e. The van der Waals surface area contributed by atoms with Crippen LogP contribution >= 0.6 is 0 Å². The lowest BCUT2D eigenvalue weighted by Crippen LogP contribution is -2.48. The Hall–Kier alpha value is -1.29. The Bertz CT molecular complexity index is 801. The summed E-state index contributed by atoms with van der Waals surface area (Å²) in [6, 6.07) is 3.28. The molecule has 1 aromatic heterocycles. The summed E-state index contributed by atoms with van der Waals surface area (Å²) in [5.41, 5.74) is -0.203. The molecule has 9 heteroatoms. The maximum Gasteiger partial charge on any atom is 0.266 e. The zero-order valence-electron chi connectivity index (χ0n) is 15.5. The van der Waals surface area contributed by atoms with E-state index in [1.54, 1.807) is 16.8 Å². The number of likely N-dealkylation sites (tertiary alicyclic amines) is 1. The van der Waals surface area contributed by atoms with Gasteiger partial charge in [-0.3, -0.25) is 4.79 Å². The van der Waals surface area contributed by atoms with Crippen LogP contribution < -0.4 is 5.56 Å². The second-order valence-corrected chi connectivity index (χ2v) is 9.77. The molecule has 0 saturated carbocycles. The summed E-state index contributed by atoms with van der Waals surface area (Å²) in [7, 11) is -3.25. The van der Waals surface area contributed by atoms with Crippen LogP contribution in [0, 0.1) is 12.8 Å². The lowest BCUT2D eigenvalue weighted by Gasteiger charge is -2.36. The van der Waals surface area contributed by atoms with Crippen molar-refractivity contribution in [3.8, 4) is 0 Å².